The average molecular weight is 377 g/mol. The van der Waals surface area contributed by atoms with Crippen molar-refractivity contribution in [2.24, 2.45) is 0 Å². The standard InChI is InChI=1S/C23H28N4O/c1-14(2)20-12-18(19-13-24-27(15(3)4)22(19)25-20)23(28)26(5)21-11-10-16-8-6-7-9-17(16)21/h6-9,12-15,21H,10-11H2,1-5H3. The molecule has 0 fully saturated rings. The van der Waals surface area contributed by atoms with Crippen molar-refractivity contribution in [3.05, 3.63) is 58.9 Å². The molecule has 2 aromatic heterocycles. The lowest BCUT2D eigenvalue weighted by Gasteiger charge is -2.26. The molecule has 5 heteroatoms. The van der Waals surface area contributed by atoms with Crippen molar-refractivity contribution in [1.82, 2.24) is 19.7 Å². The summed E-state index contributed by atoms with van der Waals surface area (Å²) in [7, 11) is 1.92. The molecule has 28 heavy (non-hydrogen) atoms. The first-order valence-corrected chi connectivity index (χ1v) is 10.1. The van der Waals surface area contributed by atoms with Crippen LogP contribution in [0.2, 0.25) is 0 Å². The maximum Gasteiger partial charge on any atom is 0.254 e. The summed E-state index contributed by atoms with van der Waals surface area (Å²) in [5.41, 5.74) is 5.05. The van der Waals surface area contributed by atoms with Crippen LogP contribution in [0.5, 0.6) is 0 Å². The molecule has 0 N–H and O–H groups in total. The van der Waals surface area contributed by atoms with Crippen LogP contribution >= 0.6 is 0 Å². The van der Waals surface area contributed by atoms with E-state index in [1.54, 1.807) is 6.20 Å². The van der Waals surface area contributed by atoms with Crippen LogP contribution in [-0.2, 0) is 6.42 Å². The summed E-state index contributed by atoms with van der Waals surface area (Å²) in [5, 5.41) is 5.35. The van der Waals surface area contributed by atoms with Crippen LogP contribution in [0.4, 0.5) is 0 Å². The van der Waals surface area contributed by atoms with Gasteiger partial charge in [0.2, 0.25) is 0 Å². The van der Waals surface area contributed by atoms with Crippen molar-refractivity contribution in [3.8, 4) is 0 Å². The van der Waals surface area contributed by atoms with E-state index in [0.29, 0.717) is 5.56 Å². The topological polar surface area (TPSA) is 51.0 Å². The highest BCUT2D eigenvalue weighted by molar-refractivity contribution is 6.05. The monoisotopic (exact) mass is 376 g/mol. The lowest BCUT2D eigenvalue weighted by molar-refractivity contribution is 0.0732. The lowest BCUT2D eigenvalue weighted by atomic mass is 10.0. The predicted molar refractivity (Wildman–Crippen MR) is 112 cm³/mol. The van der Waals surface area contributed by atoms with Crippen molar-refractivity contribution in [2.45, 2.75) is 58.5 Å². The van der Waals surface area contributed by atoms with Gasteiger partial charge in [0.1, 0.15) is 0 Å². The fraction of sp³-hybridized carbons (Fsp3) is 0.435. The van der Waals surface area contributed by atoms with Gasteiger partial charge in [-0.05, 0) is 49.8 Å². The zero-order chi connectivity index (χ0) is 20.0. The molecular formula is C23H28N4O. The molecule has 1 aromatic carbocycles. The number of carbonyl (C=O) groups excluding carboxylic acids is 1. The van der Waals surface area contributed by atoms with Crippen molar-refractivity contribution >= 4 is 16.9 Å². The summed E-state index contributed by atoms with van der Waals surface area (Å²) in [6.07, 6.45) is 3.78. The smallest absolute Gasteiger partial charge is 0.254 e. The maximum absolute atomic E-state index is 13.6. The van der Waals surface area contributed by atoms with E-state index in [0.717, 1.165) is 29.6 Å². The van der Waals surface area contributed by atoms with Crippen LogP contribution in [0.3, 0.4) is 0 Å². The zero-order valence-corrected chi connectivity index (χ0v) is 17.3. The number of amides is 1. The molecular weight excluding hydrogens is 348 g/mol. The summed E-state index contributed by atoms with van der Waals surface area (Å²) >= 11 is 0. The molecule has 1 aliphatic carbocycles. The zero-order valence-electron chi connectivity index (χ0n) is 17.3. The number of aryl methyl sites for hydroxylation is 1. The SMILES string of the molecule is CC(C)c1cc(C(=O)N(C)C2CCc3ccccc32)c2cnn(C(C)C)c2n1. The van der Waals surface area contributed by atoms with Crippen LogP contribution < -0.4 is 0 Å². The van der Waals surface area contributed by atoms with Gasteiger partial charge in [-0.3, -0.25) is 4.79 Å². The molecule has 2 heterocycles. The molecule has 146 valence electrons. The van der Waals surface area contributed by atoms with Gasteiger partial charge in [-0.15, -0.1) is 0 Å². The second kappa shape index (κ2) is 7.04. The third-order valence-corrected chi connectivity index (χ3v) is 5.79. The van der Waals surface area contributed by atoms with Crippen LogP contribution in [0.25, 0.3) is 11.0 Å². The van der Waals surface area contributed by atoms with Crippen LogP contribution in [0.15, 0.2) is 36.5 Å². The molecule has 0 spiro atoms. The van der Waals surface area contributed by atoms with E-state index in [-0.39, 0.29) is 23.9 Å². The van der Waals surface area contributed by atoms with Crippen LogP contribution in [-0.4, -0.2) is 32.6 Å². The molecule has 4 rings (SSSR count). The van der Waals surface area contributed by atoms with E-state index in [1.165, 1.54) is 11.1 Å². The molecule has 1 atom stereocenters. The highest BCUT2D eigenvalue weighted by Crippen LogP contribution is 2.36. The van der Waals surface area contributed by atoms with Crippen molar-refractivity contribution < 1.29 is 4.79 Å². The quantitative estimate of drug-likeness (QED) is 0.651. The number of aromatic nitrogens is 3. The number of pyridine rings is 1. The number of nitrogens with zero attached hydrogens (tertiary/aromatic N) is 4. The number of rotatable bonds is 4. The van der Waals surface area contributed by atoms with E-state index in [2.05, 4.69) is 57.1 Å². The third kappa shape index (κ3) is 2.99. The highest BCUT2D eigenvalue weighted by Gasteiger charge is 2.30. The van der Waals surface area contributed by atoms with Crippen LogP contribution in [0, 0.1) is 0 Å². The molecule has 0 saturated heterocycles. The van der Waals surface area contributed by atoms with Gasteiger partial charge in [0.15, 0.2) is 5.65 Å². The number of hydrogen-bond donors (Lipinski definition) is 0. The molecule has 0 radical (unpaired) electrons. The normalized spacial score (nSPS) is 16.2. The van der Waals surface area contributed by atoms with E-state index in [1.807, 2.05) is 22.7 Å². The molecule has 0 bridgehead atoms. The van der Waals surface area contributed by atoms with Gasteiger partial charge in [-0.1, -0.05) is 38.1 Å². The summed E-state index contributed by atoms with van der Waals surface area (Å²) in [5.74, 6) is 0.281. The van der Waals surface area contributed by atoms with Crippen molar-refractivity contribution in [3.63, 3.8) is 0 Å². The highest BCUT2D eigenvalue weighted by atomic mass is 16.2. The third-order valence-electron chi connectivity index (χ3n) is 5.79. The minimum absolute atomic E-state index is 0.0410. The summed E-state index contributed by atoms with van der Waals surface area (Å²) in [6.45, 7) is 8.38. The van der Waals surface area contributed by atoms with Gasteiger partial charge < -0.3 is 4.90 Å². The molecule has 1 unspecified atom stereocenters. The average Bonchev–Trinajstić information content (AvgIpc) is 3.30. The molecule has 3 aromatic rings. The van der Waals surface area contributed by atoms with Crippen molar-refractivity contribution in [1.29, 1.82) is 0 Å². The maximum atomic E-state index is 13.6. The van der Waals surface area contributed by atoms with E-state index in [9.17, 15) is 4.79 Å². The Bertz CT molecular complexity index is 1030. The second-order valence-electron chi connectivity index (χ2n) is 8.34. The van der Waals surface area contributed by atoms with Gasteiger partial charge in [0.25, 0.3) is 5.91 Å². The van der Waals surface area contributed by atoms with E-state index < -0.39 is 0 Å². The molecule has 0 saturated carbocycles. The number of hydrogen-bond acceptors (Lipinski definition) is 3. The summed E-state index contributed by atoms with van der Waals surface area (Å²) < 4.78 is 1.91. The Labute approximate surface area is 166 Å². The Morgan fingerprint density at radius 2 is 1.96 bits per heavy atom. The Morgan fingerprint density at radius 3 is 2.68 bits per heavy atom. The van der Waals surface area contributed by atoms with Gasteiger partial charge in [-0.25, -0.2) is 9.67 Å². The number of carbonyl (C=O) groups is 1. The summed E-state index contributed by atoms with van der Waals surface area (Å²) in [6, 6.07) is 10.7. The lowest BCUT2D eigenvalue weighted by Crippen LogP contribution is -2.30. The number of fused-ring (bicyclic) bond motifs is 2. The second-order valence-corrected chi connectivity index (χ2v) is 8.34. The predicted octanol–water partition coefficient (Wildman–Crippen LogP) is 4.90. The van der Waals surface area contributed by atoms with Gasteiger partial charge in [0.05, 0.1) is 23.2 Å². The van der Waals surface area contributed by atoms with Gasteiger partial charge in [-0.2, -0.15) is 5.10 Å². The first-order valence-electron chi connectivity index (χ1n) is 10.1. The van der Waals surface area contributed by atoms with Gasteiger partial charge in [0, 0.05) is 18.8 Å². The Balaban J connectivity index is 1.79. The molecule has 0 aliphatic heterocycles. The first-order chi connectivity index (χ1) is 13.4. The van der Waals surface area contributed by atoms with E-state index in [4.69, 9.17) is 4.98 Å². The minimum Gasteiger partial charge on any atom is -0.335 e. The molecule has 1 aliphatic rings. The number of benzene rings is 1. The Hall–Kier alpha value is -2.69. The molecule has 5 nitrogen and oxygen atoms in total. The fourth-order valence-corrected chi connectivity index (χ4v) is 4.16. The largest absolute Gasteiger partial charge is 0.335 e. The van der Waals surface area contributed by atoms with Gasteiger partial charge >= 0.3 is 0 Å². The molecule has 1 amide bonds. The minimum atomic E-state index is 0.0410. The summed E-state index contributed by atoms with van der Waals surface area (Å²) in [4.78, 5) is 20.3. The van der Waals surface area contributed by atoms with E-state index >= 15 is 0 Å². The van der Waals surface area contributed by atoms with Crippen molar-refractivity contribution in [2.75, 3.05) is 7.05 Å². The van der Waals surface area contributed by atoms with Crippen LogP contribution in [0.1, 0.15) is 79.3 Å². The Morgan fingerprint density at radius 1 is 1.21 bits per heavy atom. The fourth-order valence-electron chi connectivity index (χ4n) is 4.16. The first kappa shape index (κ1) is 18.7. The Kier molecular flexibility index (Phi) is 4.69.